The fraction of sp³-hybridized carbons (Fsp3) is 0.857. The van der Waals surface area contributed by atoms with Gasteiger partial charge in [0.05, 0.1) is 5.92 Å². The van der Waals surface area contributed by atoms with Crippen LogP contribution in [-0.2, 0) is 4.79 Å². The number of hydrogen-bond donors (Lipinski definition) is 1. The SMILES string of the molecule is CCC(C)(C)NC(=O)C1CCCN(C(=O)N(C)C)C1. The molecular formula is C14H27N3O2. The van der Waals surface area contributed by atoms with Crippen LogP contribution in [-0.4, -0.2) is 54.5 Å². The number of nitrogens with one attached hydrogen (secondary N) is 1. The number of carbonyl (C=O) groups excluding carboxylic acids is 2. The topological polar surface area (TPSA) is 52.7 Å². The standard InChI is InChI=1S/C14H27N3O2/c1-6-14(2,3)15-12(18)11-8-7-9-17(10-11)13(19)16(4)5/h11H,6-10H2,1-5H3,(H,15,18). The van der Waals surface area contributed by atoms with Gasteiger partial charge in [0.15, 0.2) is 0 Å². The minimum absolute atomic E-state index is 0.00717. The van der Waals surface area contributed by atoms with Crippen LogP contribution in [0.5, 0.6) is 0 Å². The highest BCUT2D eigenvalue weighted by Crippen LogP contribution is 2.19. The van der Waals surface area contributed by atoms with E-state index in [1.54, 1.807) is 23.9 Å². The number of hydrogen-bond acceptors (Lipinski definition) is 2. The quantitative estimate of drug-likeness (QED) is 0.847. The summed E-state index contributed by atoms with van der Waals surface area (Å²) in [5.41, 5.74) is -0.176. The lowest BCUT2D eigenvalue weighted by Crippen LogP contribution is -2.52. The molecule has 0 aliphatic carbocycles. The van der Waals surface area contributed by atoms with Gasteiger partial charge in [-0.25, -0.2) is 4.79 Å². The highest BCUT2D eigenvalue weighted by molar-refractivity contribution is 5.81. The third kappa shape index (κ3) is 4.40. The van der Waals surface area contributed by atoms with Gasteiger partial charge in [-0.05, 0) is 33.1 Å². The molecule has 3 amide bonds. The molecule has 0 radical (unpaired) electrons. The first-order valence-electron chi connectivity index (χ1n) is 7.05. The highest BCUT2D eigenvalue weighted by Gasteiger charge is 2.31. The Balaban J connectivity index is 2.60. The minimum atomic E-state index is -0.176. The first-order valence-corrected chi connectivity index (χ1v) is 7.05. The van der Waals surface area contributed by atoms with Crippen molar-refractivity contribution in [2.24, 2.45) is 5.92 Å². The first kappa shape index (κ1) is 15.8. The van der Waals surface area contributed by atoms with Crippen LogP contribution in [0.3, 0.4) is 0 Å². The molecule has 0 bridgehead atoms. The molecule has 1 unspecified atom stereocenters. The van der Waals surface area contributed by atoms with Crippen LogP contribution in [0.25, 0.3) is 0 Å². The van der Waals surface area contributed by atoms with Crippen LogP contribution in [0.2, 0.25) is 0 Å². The highest BCUT2D eigenvalue weighted by atomic mass is 16.2. The van der Waals surface area contributed by atoms with Crippen LogP contribution < -0.4 is 5.32 Å². The predicted octanol–water partition coefficient (Wildman–Crippen LogP) is 1.68. The molecule has 1 atom stereocenters. The van der Waals surface area contributed by atoms with E-state index >= 15 is 0 Å². The Hall–Kier alpha value is -1.26. The second-order valence-corrected chi connectivity index (χ2v) is 6.19. The third-order valence-corrected chi connectivity index (χ3v) is 3.79. The van der Waals surface area contributed by atoms with Gasteiger partial charge in [-0.3, -0.25) is 4.79 Å². The summed E-state index contributed by atoms with van der Waals surface area (Å²) < 4.78 is 0. The van der Waals surface area contributed by atoms with Crippen molar-refractivity contribution in [2.75, 3.05) is 27.2 Å². The Bertz CT molecular complexity index is 340. The molecule has 1 fully saturated rings. The van der Waals surface area contributed by atoms with Crippen molar-refractivity contribution < 1.29 is 9.59 Å². The van der Waals surface area contributed by atoms with Crippen LogP contribution in [0.1, 0.15) is 40.0 Å². The summed E-state index contributed by atoms with van der Waals surface area (Å²) in [6.07, 6.45) is 2.65. The zero-order chi connectivity index (χ0) is 14.6. The number of likely N-dealkylation sites (tertiary alicyclic amines) is 1. The van der Waals surface area contributed by atoms with E-state index in [1.807, 2.05) is 13.8 Å². The molecule has 0 aromatic heterocycles. The van der Waals surface area contributed by atoms with Crippen molar-refractivity contribution in [3.8, 4) is 0 Å². The summed E-state index contributed by atoms with van der Waals surface area (Å²) in [7, 11) is 3.48. The summed E-state index contributed by atoms with van der Waals surface area (Å²) in [5.74, 6) is -0.00780. The smallest absolute Gasteiger partial charge is 0.319 e. The molecular weight excluding hydrogens is 242 g/mol. The fourth-order valence-corrected chi connectivity index (χ4v) is 2.17. The maximum atomic E-state index is 12.2. The van der Waals surface area contributed by atoms with Crippen molar-refractivity contribution in [3.63, 3.8) is 0 Å². The Morgan fingerprint density at radius 3 is 2.53 bits per heavy atom. The van der Waals surface area contributed by atoms with Crippen molar-refractivity contribution >= 4 is 11.9 Å². The average Bonchev–Trinajstić information content (AvgIpc) is 2.37. The van der Waals surface area contributed by atoms with Gasteiger partial charge in [0.25, 0.3) is 0 Å². The average molecular weight is 269 g/mol. The molecule has 1 saturated heterocycles. The lowest BCUT2D eigenvalue weighted by Gasteiger charge is -2.35. The molecule has 110 valence electrons. The van der Waals surface area contributed by atoms with Crippen LogP contribution in [0.4, 0.5) is 4.79 Å². The van der Waals surface area contributed by atoms with Gasteiger partial charge < -0.3 is 15.1 Å². The molecule has 1 aliphatic heterocycles. The molecule has 1 rings (SSSR count). The molecule has 1 heterocycles. The molecule has 19 heavy (non-hydrogen) atoms. The van der Waals surface area contributed by atoms with E-state index < -0.39 is 0 Å². The Labute approximate surface area is 116 Å². The van der Waals surface area contributed by atoms with E-state index in [2.05, 4.69) is 12.2 Å². The Morgan fingerprint density at radius 2 is 2.00 bits per heavy atom. The monoisotopic (exact) mass is 269 g/mol. The molecule has 5 nitrogen and oxygen atoms in total. The van der Waals surface area contributed by atoms with E-state index in [1.165, 1.54) is 0 Å². The molecule has 1 N–H and O–H groups in total. The second-order valence-electron chi connectivity index (χ2n) is 6.19. The molecule has 0 saturated carbocycles. The lowest BCUT2D eigenvalue weighted by molar-refractivity contribution is -0.128. The van der Waals surface area contributed by atoms with Crippen molar-refractivity contribution in [2.45, 2.75) is 45.6 Å². The lowest BCUT2D eigenvalue weighted by atomic mass is 9.94. The van der Waals surface area contributed by atoms with E-state index in [4.69, 9.17) is 0 Å². The summed E-state index contributed by atoms with van der Waals surface area (Å²) >= 11 is 0. The number of amides is 3. The predicted molar refractivity (Wildman–Crippen MR) is 75.9 cm³/mol. The summed E-state index contributed by atoms with van der Waals surface area (Å²) in [6.45, 7) is 7.39. The number of rotatable bonds is 3. The van der Waals surface area contributed by atoms with Gasteiger partial charge in [-0.15, -0.1) is 0 Å². The third-order valence-electron chi connectivity index (χ3n) is 3.79. The summed E-state index contributed by atoms with van der Waals surface area (Å²) in [6, 6.07) is -0.00717. The van der Waals surface area contributed by atoms with Gasteiger partial charge in [-0.2, -0.15) is 0 Å². The van der Waals surface area contributed by atoms with E-state index in [0.29, 0.717) is 6.54 Å². The molecule has 0 aromatic carbocycles. The first-order chi connectivity index (χ1) is 8.76. The van der Waals surface area contributed by atoms with Gasteiger partial charge in [0.2, 0.25) is 5.91 Å². The number of urea groups is 1. The van der Waals surface area contributed by atoms with Gasteiger partial charge in [0.1, 0.15) is 0 Å². The van der Waals surface area contributed by atoms with Crippen LogP contribution >= 0.6 is 0 Å². The van der Waals surface area contributed by atoms with Crippen LogP contribution in [0, 0.1) is 5.92 Å². The van der Waals surface area contributed by atoms with E-state index in [9.17, 15) is 9.59 Å². The zero-order valence-electron chi connectivity index (χ0n) is 12.8. The molecule has 5 heteroatoms. The van der Waals surface area contributed by atoms with Gasteiger partial charge in [-0.1, -0.05) is 6.92 Å². The number of nitrogens with zero attached hydrogens (tertiary/aromatic N) is 2. The van der Waals surface area contributed by atoms with E-state index in [-0.39, 0.29) is 23.4 Å². The zero-order valence-corrected chi connectivity index (χ0v) is 12.8. The second kappa shape index (κ2) is 6.26. The molecule has 1 aliphatic rings. The van der Waals surface area contributed by atoms with Gasteiger partial charge >= 0.3 is 6.03 Å². The van der Waals surface area contributed by atoms with E-state index in [0.717, 1.165) is 25.8 Å². The summed E-state index contributed by atoms with van der Waals surface area (Å²) in [5, 5.41) is 3.07. The number of piperidine rings is 1. The maximum Gasteiger partial charge on any atom is 0.319 e. The fourth-order valence-electron chi connectivity index (χ4n) is 2.17. The minimum Gasteiger partial charge on any atom is -0.351 e. The Kier molecular flexibility index (Phi) is 5.20. The summed E-state index contributed by atoms with van der Waals surface area (Å²) in [4.78, 5) is 27.5. The van der Waals surface area contributed by atoms with Crippen molar-refractivity contribution in [1.82, 2.24) is 15.1 Å². The van der Waals surface area contributed by atoms with Crippen molar-refractivity contribution in [3.05, 3.63) is 0 Å². The molecule has 0 aromatic rings. The largest absolute Gasteiger partial charge is 0.351 e. The van der Waals surface area contributed by atoms with Crippen molar-refractivity contribution in [1.29, 1.82) is 0 Å². The number of carbonyl (C=O) groups is 2. The van der Waals surface area contributed by atoms with Crippen LogP contribution in [0.15, 0.2) is 0 Å². The molecule has 0 spiro atoms. The van der Waals surface area contributed by atoms with Gasteiger partial charge in [0, 0.05) is 32.7 Å². The normalized spacial score (nSPS) is 20.1. The maximum absolute atomic E-state index is 12.2. The Morgan fingerprint density at radius 1 is 1.37 bits per heavy atom.